The van der Waals surface area contributed by atoms with Gasteiger partial charge in [0.15, 0.2) is 0 Å². The van der Waals surface area contributed by atoms with Crippen LogP contribution in [0.25, 0.3) is 11.0 Å². The highest BCUT2D eigenvalue weighted by Gasteiger charge is 2.07. The lowest BCUT2D eigenvalue weighted by Crippen LogP contribution is -2.30. The zero-order valence-electron chi connectivity index (χ0n) is 13.6. The molecule has 3 aromatic rings. The Morgan fingerprint density at radius 3 is 2.77 bits per heavy atom. The topological polar surface area (TPSA) is 58.5 Å². The van der Waals surface area contributed by atoms with Crippen molar-refractivity contribution >= 4 is 11.0 Å². The maximum absolute atomic E-state index is 4.51. The number of aryl methyl sites for hydroxylation is 3. The highest BCUT2D eigenvalue weighted by molar-refractivity contribution is 5.75. The fraction of sp³-hybridized carbons (Fsp3) is 0.412. The van der Waals surface area contributed by atoms with Crippen molar-refractivity contribution in [1.82, 2.24) is 25.1 Å². The molecule has 1 aromatic carbocycles. The normalized spacial score (nSPS) is 12.9. The molecule has 0 fully saturated rings. The number of aromatic amines is 1. The summed E-state index contributed by atoms with van der Waals surface area (Å²) in [6, 6.07) is 8.84. The summed E-state index contributed by atoms with van der Waals surface area (Å²) >= 11 is 0. The molecule has 1 unspecified atom stereocenters. The van der Waals surface area contributed by atoms with Gasteiger partial charge in [0.05, 0.1) is 23.3 Å². The molecule has 5 nitrogen and oxygen atoms in total. The third-order valence-electron chi connectivity index (χ3n) is 3.87. The van der Waals surface area contributed by atoms with Gasteiger partial charge in [0, 0.05) is 18.3 Å². The first-order valence-electron chi connectivity index (χ1n) is 7.71. The molecule has 0 aliphatic rings. The number of nitrogens with zero attached hydrogens (tertiary/aromatic N) is 3. The predicted molar refractivity (Wildman–Crippen MR) is 88.8 cm³/mol. The second-order valence-corrected chi connectivity index (χ2v) is 6.06. The Bertz CT molecular complexity index is 784. The van der Waals surface area contributed by atoms with Crippen LogP contribution in [0.15, 0.2) is 24.3 Å². The van der Waals surface area contributed by atoms with E-state index in [0.29, 0.717) is 6.04 Å². The molecule has 3 rings (SSSR count). The first-order chi connectivity index (χ1) is 10.5. The summed E-state index contributed by atoms with van der Waals surface area (Å²) in [5.41, 5.74) is 5.67. The number of hydrogen-bond acceptors (Lipinski definition) is 3. The molecule has 0 aliphatic carbocycles. The van der Waals surface area contributed by atoms with Crippen molar-refractivity contribution in [1.29, 1.82) is 0 Å². The quantitative estimate of drug-likeness (QED) is 0.761. The Hall–Kier alpha value is -2.14. The number of hydrogen-bond donors (Lipinski definition) is 2. The molecule has 22 heavy (non-hydrogen) atoms. The van der Waals surface area contributed by atoms with Crippen LogP contribution in [0.4, 0.5) is 0 Å². The van der Waals surface area contributed by atoms with Crippen molar-refractivity contribution in [2.24, 2.45) is 0 Å². The highest BCUT2D eigenvalue weighted by atomic mass is 15.3. The number of rotatable bonds is 5. The smallest absolute Gasteiger partial charge is 0.104 e. The summed E-state index contributed by atoms with van der Waals surface area (Å²) in [5.74, 6) is 0.956. The zero-order valence-corrected chi connectivity index (χ0v) is 13.6. The van der Waals surface area contributed by atoms with Crippen molar-refractivity contribution < 1.29 is 0 Å². The Morgan fingerprint density at radius 1 is 1.23 bits per heavy atom. The predicted octanol–water partition coefficient (Wildman–Crippen LogP) is 2.86. The van der Waals surface area contributed by atoms with Crippen LogP contribution in [-0.4, -0.2) is 25.8 Å². The third kappa shape index (κ3) is 3.20. The molecule has 5 heteroatoms. The highest BCUT2D eigenvalue weighted by Crippen LogP contribution is 2.13. The molecule has 0 aliphatic heterocycles. The van der Waals surface area contributed by atoms with Gasteiger partial charge in [-0.2, -0.15) is 5.10 Å². The lowest BCUT2D eigenvalue weighted by Gasteiger charge is -2.15. The fourth-order valence-electron chi connectivity index (χ4n) is 2.77. The molecular formula is C17H23N5. The van der Waals surface area contributed by atoms with Gasteiger partial charge in [-0.1, -0.05) is 6.07 Å². The first kappa shape index (κ1) is 14.8. The number of benzene rings is 1. The molecule has 2 aromatic heterocycles. The average Bonchev–Trinajstić information content (AvgIpc) is 2.97. The van der Waals surface area contributed by atoms with E-state index in [4.69, 9.17) is 0 Å². The maximum atomic E-state index is 4.51. The summed E-state index contributed by atoms with van der Waals surface area (Å²) < 4.78 is 2.06. The van der Waals surface area contributed by atoms with Gasteiger partial charge in [-0.3, -0.25) is 4.68 Å². The average molecular weight is 297 g/mol. The SMILES string of the molecule is Cc1cc(C)n(CC(C)NCc2ccc3nc(C)[nH]c3c2)n1. The number of nitrogens with one attached hydrogen (secondary N) is 2. The van der Waals surface area contributed by atoms with E-state index in [1.165, 1.54) is 11.3 Å². The standard InChI is InChI=1S/C17H23N5/c1-11-7-13(3)22(21-11)10-12(2)18-9-15-5-6-16-17(8-15)20-14(4)19-16/h5-8,12,18H,9-10H2,1-4H3,(H,19,20). The van der Waals surface area contributed by atoms with Gasteiger partial charge >= 0.3 is 0 Å². The van der Waals surface area contributed by atoms with Crippen molar-refractivity contribution in [3.8, 4) is 0 Å². The van der Waals surface area contributed by atoms with E-state index in [9.17, 15) is 0 Å². The molecule has 2 heterocycles. The van der Waals surface area contributed by atoms with Crippen LogP contribution < -0.4 is 5.32 Å². The Kier molecular flexibility index (Phi) is 3.98. The number of fused-ring (bicyclic) bond motifs is 1. The molecule has 0 saturated heterocycles. The van der Waals surface area contributed by atoms with Crippen LogP contribution in [0, 0.1) is 20.8 Å². The van der Waals surface area contributed by atoms with Crippen LogP contribution >= 0.6 is 0 Å². The van der Waals surface area contributed by atoms with Crippen LogP contribution in [0.5, 0.6) is 0 Å². The monoisotopic (exact) mass is 297 g/mol. The van der Waals surface area contributed by atoms with Crippen LogP contribution in [0.2, 0.25) is 0 Å². The van der Waals surface area contributed by atoms with E-state index in [0.717, 1.165) is 35.6 Å². The van der Waals surface area contributed by atoms with Crippen LogP contribution in [-0.2, 0) is 13.1 Å². The maximum Gasteiger partial charge on any atom is 0.104 e. The van der Waals surface area contributed by atoms with E-state index in [2.05, 4.69) is 63.2 Å². The largest absolute Gasteiger partial charge is 0.342 e. The molecular weight excluding hydrogens is 274 g/mol. The molecule has 0 spiro atoms. The van der Waals surface area contributed by atoms with Crippen molar-refractivity contribution in [2.75, 3.05) is 0 Å². The molecule has 0 amide bonds. The second-order valence-electron chi connectivity index (χ2n) is 6.06. The van der Waals surface area contributed by atoms with E-state index in [1.54, 1.807) is 0 Å². The van der Waals surface area contributed by atoms with Crippen LogP contribution in [0.1, 0.15) is 29.7 Å². The molecule has 2 N–H and O–H groups in total. The minimum absolute atomic E-state index is 0.359. The van der Waals surface area contributed by atoms with Gasteiger partial charge < -0.3 is 10.3 Å². The van der Waals surface area contributed by atoms with Crippen LogP contribution in [0.3, 0.4) is 0 Å². The minimum atomic E-state index is 0.359. The van der Waals surface area contributed by atoms with Crippen molar-refractivity contribution in [3.05, 3.63) is 47.0 Å². The van der Waals surface area contributed by atoms with Crippen molar-refractivity contribution in [2.45, 2.75) is 46.8 Å². The Balaban J connectivity index is 1.61. The van der Waals surface area contributed by atoms with E-state index < -0.39 is 0 Å². The minimum Gasteiger partial charge on any atom is -0.342 e. The van der Waals surface area contributed by atoms with Gasteiger partial charge in [-0.15, -0.1) is 0 Å². The summed E-state index contributed by atoms with van der Waals surface area (Å²) in [6.45, 7) is 10.0. The molecule has 0 bridgehead atoms. The number of imidazole rings is 1. The lowest BCUT2D eigenvalue weighted by molar-refractivity contribution is 0.444. The van der Waals surface area contributed by atoms with Gasteiger partial charge in [0.2, 0.25) is 0 Å². The summed E-state index contributed by atoms with van der Waals surface area (Å²) in [4.78, 5) is 7.71. The Labute approximate surface area is 130 Å². The zero-order chi connectivity index (χ0) is 15.7. The lowest BCUT2D eigenvalue weighted by atomic mass is 10.2. The fourth-order valence-corrected chi connectivity index (χ4v) is 2.77. The molecule has 0 saturated carbocycles. The second kappa shape index (κ2) is 5.93. The molecule has 116 valence electrons. The number of aromatic nitrogens is 4. The number of H-pyrrole nitrogens is 1. The van der Waals surface area contributed by atoms with Crippen molar-refractivity contribution in [3.63, 3.8) is 0 Å². The van der Waals surface area contributed by atoms with Gasteiger partial charge in [-0.25, -0.2) is 4.98 Å². The molecule has 1 atom stereocenters. The summed E-state index contributed by atoms with van der Waals surface area (Å²) in [7, 11) is 0. The first-order valence-corrected chi connectivity index (χ1v) is 7.71. The van der Waals surface area contributed by atoms with Gasteiger partial charge in [-0.05, 0) is 51.5 Å². The van der Waals surface area contributed by atoms with Gasteiger partial charge in [0.25, 0.3) is 0 Å². The van der Waals surface area contributed by atoms with E-state index >= 15 is 0 Å². The summed E-state index contributed by atoms with van der Waals surface area (Å²) in [6.07, 6.45) is 0. The third-order valence-corrected chi connectivity index (χ3v) is 3.87. The summed E-state index contributed by atoms with van der Waals surface area (Å²) in [5, 5.41) is 8.07. The van der Waals surface area contributed by atoms with E-state index in [-0.39, 0.29) is 0 Å². The Morgan fingerprint density at radius 2 is 2.05 bits per heavy atom. The molecule has 0 radical (unpaired) electrons. The van der Waals surface area contributed by atoms with E-state index in [1.807, 2.05) is 13.8 Å². The van der Waals surface area contributed by atoms with Gasteiger partial charge in [0.1, 0.15) is 5.82 Å².